The fourth-order valence-corrected chi connectivity index (χ4v) is 3.50. The van der Waals surface area contributed by atoms with Crippen molar-refractivity contribution >= 4 is 5.97 Å². The third-order valence-corrected chi connectivity index (χ3v) is 5.20. The molecule has 176 valence electrons. The summed E-state index contributed by atoms with van der Waals surface area (Å²) in [5.41, 5.74) is 2.69. The molecule has 0 aliphatic carbocycles. The van der Waals surface area contributed by atoms with Crippen LogP contribution in [0.25, 0.3) is 0 Å². The molecule has 8 nitrogen and oxygen atoms in total. The van der Waals surface area contributed by atoms with Crippen molar-refractivity contribution < 1.29 is 47.4 Å². The van der Waals surface area contributed by atoms with E-state index in [9.17, 15) is 28.6 Å². The van der Waals surface area contributed by atoms with E-state index in [1.54, 1.807) is 25.2 Å². The predicted octanol–water partition coefficient (Wildman–Crippen LogP) is 3.53. The van der Waals surface area contributed by atoms with Gasteiger partial charge in [0.05, 0.1) is 27.8 Å². The third kappa shape index (κ3) is 5.74. The van der Waals surface area contributed by atoms with Crippen molar-refractivity contribution in [1.82, 2.24) is 0 Å². The third-order valence-electron chi connectivity index (χ3n) is 5.20. The van der Waals surface area contributed by atoms with Crippen LogP contribution in [0.1, 0.15) is 22.7 Å². The SMILES string of the molecule is COc1ccc(C[C@H]2c3cc(O)c(OC)cc3CC[N@+]2(C)[O-])cc1O.O=C(O)C(F)(F)F. The van der Waals surface area contributed by atoms with Gasteiger partial charge in [0.25, 0.3) is 0 Å². The molecule has 1 aliphatic rings. The Hall–Kier alpha value is -3.18. The van der Waals surface area contributed by atoms with Crippen LogP contribution in [-0.4, -0.2) is 59.9 Å². The lowest BCUT2D eigenvalue weighted by Crippen LogP contribution is -2.47. The van der Waals surface area contributed by atoms with Crippen molar-refractivity contribution in [2.24, 2.45) is 0 Å². The van der Waals surface area contributed by atoms with Crippen molar-refractivity contribution in [1.29, 1.82) is 0 Å². The molecule has 0 radical (unpaired) electrons. The first kappa shape index (κ1) is 25.1. The van der Waals surface area contributed by atoms with Crippen molar-refractivity contribution in [2.75, 3.05) is 27.8 Å². The summed E-state index contributed by atoms with van der Waals surface area (Å²) < 4.78 is 41.6. The lowest BCUT2D eigenvalue weighted by molar-refractivity contribution is -0.894. The van der Waals surface area contributed by atoms with Crippen LogP contribution < -0.4 is 9.47 Å². The van der Waals surface area contributed by atoms with Gasteiger partial charge >= 0.3 is 12.1 Å². The topological polar surface area (TPSA) is 119 Å². The molecular formula is C21H24F3NO7. The van der Waals surface area contributed by atoms with Gasteiger partial charge in [-0.1, -0.05) is 6.07 Å². The molecule has 0 amide bonds. The Morgan fingerprint density at radius 2 is 1.69 bits per heavy atom. The molecule has 3 N–H and O–H groups in total. The van der Waals surface area contributed by atoms with Gasteiger partial charge in [-0.05, 0) is 35.4 Å². The summed E-state index contributed by atoms with van der Waals surface area (Å²) in [4.78, 5) is 8.90. The zero-order valence-corrected chi connectivity index (χ0v) is 17.6. The van der Waals surface area contributed by atoms with Gasteiger partial charge in [-0.2, -0.15) is 13.2 Å². The number of ether oxygens (including phenoxy) is 2. The standard InChI is InChI=1S/C19H23NO5.C2HF3O2/c1-20(23)7-6-13-10-19(25-3)17(22)11-14(13)15(20)8-12-4-5-18(24-2)16(21)9-12;3-2(4,5)1(6)7/h4-5,9-11,15,21-22H,6-8H2,1-3H3;(H,6,7)/t15-,20-;/m0./s1. The number of benzene rings is 2. The number of aliphatic carboxylic acids is 1. The maximum absolute atomic E-state index is 13.0. The van der Waals surface area contributed by atoms with Gasteiger partial charge in [-0.3, -0.25) is 0 Å². The number of hydrogen-bond acceptors (Lipinski definition) is 6. The normalized spacial score (nSPS) is 19.9. The quantitative estimate of drug-likeness (QED) is 0.473. The first-order valence-electron chi connectivity index (χ1n) is 9.42. The smallest absolute Gasteiger partial charge is 0.490 e. The van der Waals surface area contributed by atoms with E-state index in [0.717, 1.165) is 16.7 Å². The number of likely N-dealkylation sites (N-methyl/N-ethyl adjacent to an activating group) is 1. The Morgan fingerprint density at radius 1 is 1.12 bits per heavy atom. The Morgan fingerprint density at radius 3 is 2.19 bits per heavy atom. The molecule has 0 saturated carbocycles. The number of carbonyl (C=O) groups is 1. The van der Waals surface area contributed by atoms with Gasteiger partial charge in [-0.25, -0.2) is 4.79 Å². The van der Waals surface area contributed by atoms with E-state index in [-0.39, 0.29) is 17.5 Å². The number of halogens is 3. The van der Waals surface area contributed by atoms with Crippen LogP contribution >= 0.6 is 0 Å². The van der Waals surface area contributed by atoms with E-state index in [0.29, 0.717) is 30.9 Å². The summed E-state index contributed by atoms with van der Waals surface area (Å²) in [7, 11) is 4.65. The lowest BCUT2D eigenvalue weighted by atomic mass is 9.88. The summed E-state index contributed by atoms with van der Waals surface area (Å²) in [5, 5.41) is 40.3. The molecule has 2 atom stereocenters. The maximum atomic E-state index is 13.0. The molecule has 0 aromatic heterocycles. The van der Waals surface area contributed by atoms with Crippen LogP contribution in [0, 0.1) is 5.21 Å². The number of hydrogen-bond donors (Lipinski definition) is 3. The number of phenolic OH excluding ortho intramolecular Hbond substituents is 2. The van der Waals surface area contributed by atoms with Crippen LogP contribution in [0.3, 0.4) is 0 Å². The number of phenols is 2. The van der Waals surface area contributed by atoms with E-state index in [1.165, 1.54) is 14.2 Å². The Labute approximate surface area is 182 Å². The van der Waals surface area contributed by atoms with Gasteiger partial charge in [0.2, 0.25) is 0 Å². The largest absolute Gasteiger partial charge is 0.633 e. The Kier molecular flexibility index (Phi) is 7.47. The molecule has 11 heteroatoms. The van der Waals surface area contributed by atoms with Gasteiger partial charge in [-0.15, -0.1) is 0 Å². The summed E-state index contributed by atoms with van der Waals surface area (Å²) >= 11 is 0. The summed E-state index contributed by atoms with van der Waals surface area (Å²) in [6, 6.07) is 8.23. The van der Waals surface area contributed by atoms with Gasteiger partial charge in [0.15, 0.2) is 23.0 Å². The summed E-state index contributed by atoms with van der Waals surface area (Å²) in [6.07, 6.45) is -3.99. The number of rotatable bonds is 4. The number of nitrogens with zero attached hydrogens (tertiary/aromatic N) is 1. The van der Waals surface area contributed by atoms with Crippen LogP contribution in [0.2, 0.25) is 0 Å². The first-order chi connectivity index (χ1) is 14.8. The minimum Gasteiger partial charge on any atom is -0.633 e. The molecule has 0 bridgehead atoms. The Balaban J connectivity index is 0.000000451. The van der Waals surface area contributed by atoms with E-state index < -0.39 is 16.8 Å². The number of fused-ring (bicyclic) bond motifs is 1. The lowest BCUT2D eigenvalue weighted by Gasteiger charge is -2.49. The molecule has 3 rings (SSSR count). The average molecular weight is 459 g/mol. The highest BCUT2D eigenvalue weighted by molar-refractivity contribution is 5.73. The molecule has 32 heavy (non-hydrogen) atoms. The molecule has 2 aromatic carbocycles. The maximum Gasteiger partial charge on any atom is 0.490 e. The van der Waals surface area contributed by atoms with E-state index >= 15 is 0 Å². The van der Waals surface area contributed by atoms with Crippen LogP contribution in [0.15, 0.2) is 30.3 Å². The molecule has 0 spiro atoms. The fraction of sp³-hybridized carbons (Fsp3) is 0.381. The Bertz CT molecular complexity index is 977. The molecule has 0 fully saturated rings. The zero-order chi connectivity index (χ0) is 24.3. The summed E-state index contributed by atoms with van der Waals surface area (Å²) in [5.74, 6) is -1.86. The van der Waals surface area contributed by atoms with Crippen molar-refractivity contribution in [3.8, 4) is 23.0 Å². The molecule has 1 aliphatic heterocycles. The van der Waals surface area contributed by atoms with E-state index in [2.05, 4.69) is 0 Å². The first-order valence-corrected chi connectivity index (χ1v) is 9.42. The van der Waals surface area contributed by atoms with Crippen LogP contribution in [0.4, 0.5) is 13.2 Å². The van der Waals surface area contributed by atoms with E-state index in [1.807, 2.05) is 12.1 Å². The second-order valence-electron chi connectivity index (χ2n) is 7.40. The summed E-state index contributed by atoms with van der Waals surface area (Å²) in [6.45, 7) is 0.452. The highest BCUT2D eigenvalue weighted by atomic mass is 19.4. The number of aromatic hydroxyl groups is 2. The number of quaternary nitrogens is 1. The predicted molar refractivity (Wildman–Crippen MR) is 108 cm³/mol. The highest BCUT2D eigenvalue weighted by Crippen LogP contribution is 2.42. The highest BCUT2D eigenvalue weighted by Gasteiger charge is 2.38. The minimum absolute atomic E-state index is 0.0331. The molecule has 1 heterocycles. The number of hydroxylamine groups is 3. The van der Waals surface area contributed by atoms with Crippen molar-refractivity contribution in [3.05, 3.63) is 52.2 Å². The number of carboxylic acids is 1. The van der Waals surface area contributed by atoms with Crippen LogP contribution in [0.5, 0.6) is 23.0 Å². The molecule has 0 unspecified atom stereocenters. The van der Waals surface area contributed by atoms with Gasteiger partial charge < -0.3 is 34.6 Å². The number of methoxy groups -OCH3 is 2. The second-order valence-corrected chi connectivity index (χ2v) is 7.40. The van der Waals surface area contributed by atoms with Crippen LogP contribution in [-0.2, 0) is 17.6 Å². The zero-order valence-electron chi connectivity index (χ0n) is 17.6. The second kappa shape index (κ2) is 9.53. The van der Waals surface area contributed by atoms with Crippen molar-refractivity contribution in [3.63, 3.8) is 0 Å². The number of alkyl halides is 3. The van der Waals surface area contributed by atoms with Crippen molar-refractivity contribution in [2.45, 2.75) is 25.1 Å². The number of carboxylic acid groups (broad SMARTS) is 1. The molecule has 2 aromatic rings. The monoisotopic (exact) mass is 459 g/mol. The molecular weight excluding hydrogens is 435 g/mol. The van der Waals surface area contributed by atoms with Gasteiger partial charge in [0, 0.05) is 18.4 Å². The molecule has 0 saturated heterocycles. The van der Waals surface area contributed by atoms with Gasteiger partial charge in [0.1, 0.15) is 6.04 Å². The average Bonchev–Trinajstić information content (AvgIpc) is 2.70. The van der Waals surface area contributed by atoms with E-state index in [4.69, 9.17) is 19.4 Å². The fourth-order valence-electron chi connectivity index (χ4n) is 3.50. The minimum atomic E-state index is -5.08.